The van der Waals surface area contributed by atoms with Gasteiger partial charge in [0.15, 0.2) is 9.84 Å². The van der Waals surface area contributed by atoms with Gasteiger partial charge in [-0.2, -0.15) is 0 Å². The molecule has 1 aliphatic heterocycles. The van der Waals surface area contributed by atoms with Gasteiger partial charge in [0, 0.05) is 12.6 Å². The highest BCUT2D eigenvalue weighted by Crippen LogP contribution is 2.20. The molecule has 1 amide bonds. The number of hydrogen-bond acceptors (Lipinski definition) is 4. The number of carbonyl (C=O) groups excluding carboxylic acids is 1. The minimum absolute atomic E-state index is 0.0289. The molecule has 1 fully saturated rings. The molecule has 5 nitrogen and oxygen atoms in total. The van der Waals surface area contributed by atoms with Crippen molar-refractivity contribution in [2.75, 3.05) is 12.4 Å². The lowest BCUT2D eigenvalue weighted by molar-refractivity contribution is -0.121. The minimum Gasteiger partial charge on any atom is -0.396 e. The summed E-state index contributed by atoms with van der Waals surface area (Å²) in [4.78, 5) is 11.9. The van der Waals surface area contributed by atoms with E-state index in [9.17, 15) is 13.2 Å². The molecule has 0 aromatic heterocycles. The van der Waals surface area contributed by atoms with Gasteiger partial charge in [-0.25, -0.2) is 8.42 Å². The molecule has 1 saturated heterocycles. The third-order valence-electron chi connectivity index (χ3n) is 3.38. The van der Waals surface area contributed by atoms with E-state index in [1.54, 1.807) is 13.8 Å². The number of hydrogen-bond donors (Lipinski definition) is 2. The molecule has 0 radical (unpaired) electrons. The van der Waals surface area contributed by atoms with Crippen LogP contribution >= 0.6 is 0 Å². The van der Waals surface area contributed by atoms with E-state index >= 15 is 0 Å². The van der Waals surface area contributed by atoms with Crippen LogP contribution in [0.4, 0.5) is 0 Å². The van der Waals surface area contributed by atoms with Gasteiger partial charge < -0.3 is 10.4 Å². The fourth-order valence-corrected chi connectivity index (χ4v) is 3.68. The zero-order chi connectivity index (χ0) is 13.1. The molecule has 6 heteroatoms. The number of rotatable bonds is 4. The van der Waals surface area contributed by atoms with E-state index in [0.717, 1.165) is 6.42 Å². The van der Waals surface area contributed by atoms with Crippen LogP contribution in [0.25, 0.3) is 0 Å². The summed E-state index contributed by atoms with van der Waals surface area (Å²) in [5.74, 6) is -0.391. The first-order valence-corrected chi connectivity index (χ1v) is 7.73. The Labute approximate surface area is 103 Å². The van der Waals surface area contributed by atoms with E-state index in [2.05, 4.69) is 5.32 Å². The van der Waals surface area contributed by atoms with Crippen LogP contribution in [0.3, 0.4) is 0 Å². The number of sulfone groups is 1. The molecule has 0 spiro atoms. The summed E-state index contributed by atoms with van der Waals surface area (Å²) in [6.07, 6.45) is 1.84. The predicted molar refractivity (Wildman–Crippen MR) is 65.3 cm³/mol. The third kappa shape index (κ3) is 3.67. The molecule has 0 saturated carbocycles. The highest BCUT2D eigenvalue weighted by Gasteiger charge is 2.35. The molecule has 0 bridgehead atoms. The van der Waals surface area contributed by atoms with Crippen LogP contribution < -0.4 is 5.32 Å². The Morgan fingerprint density at radius 3 is 2.59 bits per heavy atom. The molecule has 0 aromatic carbocycles. The van der Waals surface area contributed by atoms with E-state index in [4.69, 9.17) is 5.11 Å². The monoisotopic (exact) mass is 263 g/mol. The number of aliphatic hydroxyl groups excluding tert-OH is 1. The van der Waals surface area contributed by atoms with Crippen molar-refractivity contribution in [1.82, 2.24) is 5.32 Å². The predicted octanol–water partition coefficient (Wildman–Crippen LogP) is 0.0868. The van der Waals surface area contributed by atoms with Crippen LogP contribution in [-0.2, 0) is 14.6 Å². The zero-order valence-corrected chi connectivity index (χ0v) is 11.2. The van der Waals surface area contributed by atoms with Gasteiger partial charge >= 0.3 is 0 Å². The van der Waals surface area contributed by atoms with Crippen molar-refractivity contribution < 1.29 is 18.3 Å². The maximum Gasteiger partial charge on any atom is 0.238 e. The van der Waals surface area contributed by atoms with Crippen LogP contribution in [0.15, 0.2) is 0 Å². The van der Waals surface area contributed by atoms with Gasteiger partial charge in [0.2, 0.25) is 5.91 Å². The molecule has 0 aliphatic carbocycles. The Balaban J connectivity index is 2.63. The second-order valence-electron chi connectivity index (χ2n) is 4.81. The molecule has 1 rings (SSSR count). The van der Waals surface area contributed by atoms with Gasteiger partial charge in [0.25, 0.3) is 0 Å². The largest absolute Gasteiger partial charge is 0.396 e. The molecule has 3 atom stereocenters. The fourth-order valence-electron chi connectivity index (χ4n) is 1.87. The molecule has 100 valence electrons. The molecule has 17 heavy (non-hydrogen) atoms. The van der Waals surface area contributed by atoms with E-state index in [-0.39, 0.29) is 24.3 Å². The van der Waals surface area contributed by atoms with Gasteiger partial charge in [-0.1, -0.05) is 13.3 Å². The van der Waals surface area contributed by atoms with Crippen molar-refractivity contribution in [1.29, 1.82) is 0 Å². The first-order chi connectivity index (χ1) is 7.88. The lowest BCUT2D eigenvalue weighted by atomic mass is 10.0. The summed E-state index contributed by atoms with van der Waals surface area (Å²) in [6, 6.07) is -0.218. The van der Waals surface area contributed by atoms with Crippen molar-refractivity contribution in [3.05, 3.63) is 0 Å². The van der Waals surface area contributed by atoms with E-state index in [0.29, 0.717) is 12.8 Å². The first kappa shape index (κ1) is 14.4. The normalized spacial score (nSPS) is 27.1. The first-order valence-electron chi connectivity index (χ1n) is 6.01. The molecular weight excluding hydrogens is 242 g/mol. The topological polar surface area (TPSA) is 83.5 Å². The van der Waals surface area contributed by atoms with Gasteiger partial charge in [-0.05, 0) is 25.7 Å². The minimum atomic E-state index is -3.28. The number of nitrogens with one attached hydrogen (secondary N) is 1. The Morgan fingerprint density at radius 1 is 1.41 bits per heavy atom. The average Bonchev–Trinajstić information content (AvgIpc) is 2.26. The Morgan fingerprint density at radius 2 is 2.06 bits per heavy atom. The molecule has 1 heterocycles. The van der Waals surface area contributed by atoms with Gasteiger partial charge in [0.1, 0.15) is 5.25 Å². The Kier molecular flexibility index (Phi) is 4.94. The standard InChI is InChI=1S/C11H21NO4S/c1-8(7-13)9(2)12-11(14)10-5-3-4-6-17(10,15)16/h8-10,13H,3-7H2,1-2H3,(H,12,14). The average molecular weight is 263 g/mol. The molecule has 0 aromatic rings. The maximum absolute atomic E-state index is 11.9. The van der Waals surface area contributed by atoms with Gasteiger partial charge in [0.05, 0.1) is 5.75 Å². The maximum atomic E-state index is 11.9. The van der Waals surface area contributed by atoms with E-state index in [1.165, 1.54) is 0 Å². The van der Waals surface area contributed by atoms with Crippen molar-refractivity contribution >= 4 is 15.7 Å². The van der Waals surface area contributed by atoms with Crippen LogP contribution in [-0.4, -0.2) is 43.1 Å². The molecule has 2 N–H and O–H groups in total. The van der Waals surface area contributed by atoms with Gasteiger partial charge in [-0.3, -0.25) is 4.79 Å². The Hall–Kier alpha value is -0.620. The zero-order valence-electron chi connectivity index (χ0n) is 10.3. The fraction of sp³-hybridized carbons (Fsp3) is 0.909. The summed E-state index contributed by atoms with van der Waals surface area (Å²) in [5.41, 5.74) is 0. The van der Waals surface area contributed by atoms with Crippen LogP contribution in [0.2, 0.25) is 0 Å². The van der Waals surface area contributed by atoms with Gasteiger partial charge in [-0.15, -0.1) is 0 Å². The number of aliphatic hydroxyl groups is 1. The highest BCUT2D eigenvalue weighted by atomic mass is 32.2. The second kappa shape index (κ2) is 5.82. The highest BCUT2D eigenvalue weighted by molar-refractivity contribution is 7.92. The van der Waals surface area contributed by atoms with Crippen LogP contribution in [0, 0.1) is 5.92 Å². The lowest BCUT2D eigenvalue weighted by Gasteiger charge is -2.25. The van der Waals surface area contributed by atoms with E-state index in [1.807, 2.05) is 0 Å². The third-order valence-corrected chi connectivity index (χ3v) is 5.56. The summed E-state index contributed by atoms with van der Waals surface area (Å²) in [6.45, 7) is 3.55. The SMILES string of the molecule is CC(CO)C(C)NC(=O)C1CCCCS1(=O)=O. The van der Waals surface area contributed by atoms with Crippen LogP contribution in [0.1, 0.15) is 33.1 Å². The van der Waals surface area contributed by atoms with Crippen LogP contribution in [0.5, 0.6) is 0 Å². The summed E-state index contributed by atoms with van der Waals surface area (Å²) < 4.78 is 23.5. The van der Waals surface area contributed by atoms with E-state index < -0.39 is 21.0 Å². The number of carbonyl (C=O) groups is 1. The summed E-state index contributed by atoms with van der Waals surface area (Å²) in [5, 5.41) is 10.7. The molecule has 1 aliphatic rings. The van der Waals surface area contributed by atoms with Crippen molar-refractivity contribution in [3.8, 4) is 0 Å². The quantitative estimate of drug-likeness (QED) is 0.753. The summed E-state index contributed by atoms with van der Waals surface area (Å²) in [7, 11) is -3.28. The Bertz CT molecular complexity index is 366. The number of amides is 1. The summed E-state index contributed by atoms with van der Waals surface area (Å²) >= 11 is 0. The van der Waals surface area contributed by atoms with Crippen molar-refractivity contribution in [3.63, 3.8) is 0 Å². The molecule has 3 unspecified atom stereocenters. The smallest absolute Gasteiger partial charge is 0.238 e. The van der Waals surface area contributed by atoms with Crippen molar-refractivity contribution in [2.24, 2.45) is 5.92 Å². The second-order valence-corrected chi connectivity index (χ2v) is 7.11. The van der Waals surface area contributed by atoms with Crippen molar-refractivity contribution in [2.45, 2.75) is 44.4 Å². The molecular formula is C11H21NO4S. The lowest BCUT2D eigenvalue weighted by Crippen LogP contribution is -2.48.